The first-order valence-corrected chi connectivity index (χ1v) is 6.56. The molecule has 21 heavy (non-hydrogen) atoms. The second kappa shape index (κ2) is 6.70. The summed E-state index contributed by atoms with van der Waals surface area (Å²) in [6, 6.07) is 17.2. The van der Waals surface area contributed by atoms with Crippen LogP contribution in [0.5, 0.6) is 0 Å². The Balaban J connectivity index is 2.22. The van der Waals surface area contributed by atoms with E-state index >= 15 is 0 Å². The Morgan fingerprint density at radius 2 is 1.24 bits per heavy atom. The van der Waals surface area contributed by atoms with Gasteiger partial charge in [0.25, 0.3) is 6.29 Å². The van der Waals surface area contributed by atoms with E-state index < -0.39 is 18.2 Å². The van der Waals surface area contributed by atoms with Crippen molar-refractivity contribution in [2.45, 2.75) is 20.1 Å². The van der Waals surface area contributed by atoms with Gasteiger partial charge in [-0.25, -0.2) is 0 Å². The third kappa shape index (κ3) is 4.18. The van der Waals surface area contributed by atoms with Crippen LogP contribution in [0.2, 0.25) is 0 Å². The molecule has 4 heteroatoms. The molecule has 0 aromatic heterocycles. The van der Waals surface area contributed by atoms with Crippen LogP contribution in [0.15, 0.2) is 54.6 Å². The fraction of sp³-hybridized carbons (Fsp3) is 0.176. The third-order valence-corrected chi connectivity index (χ3v) is 2.84. The molecule has 2 aromatic carbocycles. The van der Waals surface area contributed by atoms with E-state index in [9.17, 15) is 9.59 Å². The Morgan fingerprint density at radius 1 is 0.762 bits per heavy atom. The van der Waals surface area contributed by atoms with E-state index in [0.717, 1.165) is 11.1 Å². The number of rotatable bonds is 4. The Labute approximate surface area is 123 Å². The van der Waals surface area contributed by atoms with Crippen LogP contribution in [-0.2, 0) is 19.1 Å². The number of ether oxygens (including phenoxy) is 2. The summed E-state index contributed by atoms with van der Waals surface area (Å²) in [4.78, 5) is 22.2. The molecule has 0 aliphatic rings. The predicted molar refractivity (Wildman–Crippen MR) is 78.2 cm³/mol. The van der Waals surface area contributed by atoms with E-state index in [0.29, 0.717) is 5.56 Å². The van der Waals surface area contributed by atoms with Gasteiger partial charge in [-0.3, -0.25) is 9.59 Å². The van der Waals surface area contributed by atoms with E-state index in [1.807, 2.05) is 42.5 Å². The number of hydrogen-bond acceptors (Lipinski definition) is 4. The largest absolute Gasteiger partial charge is 0.421 e. The van der Waals surface area contributed by atoms with E-state index in [2.05, 4.69) is 0 Å². The topological polar surface area (TPSA) is 52.6 Å². The molecule has 0 heterocycles. The maximum Gasteiger partial charge on any atom is 0.305 e. The van der Waals surface area contributed by atoms with Crippen LogP contribution in [0.1, 0.15) is 25.7 Å². The normalized spacial score (nSPS) is 10.2. The zero-order chi connectivity index (χ0) is 15.2. The molecule has 2 rings (SSSR count). The SMILES string of the molecule is CC(=O)OC(OC(C)=O)c1ccc(-c2ccccc2)cc1. The van der Waals surface area contributed by atoms with E-state index in [1.54, 1.807) is 12.1 Å². The summed E-state index contributed by atoms with van der Waals surface area (Å²) in [5.74, 6) is -1.01. The number of carbonyl (C=O) groups is 2. The molecule has 0 atom stereocenters. The van der Waals surface area contributed by atoms with Crippen molar-refractivity contribution in [3.8, 4) is 11.1 Å². The van der Waals surface area contributed by atoms with Crippen molar-refractivity contribution in [2.24, 2.45) is 0 Å². The first-order chi connectivity index (χ1) is 10.1. The highest BCUT2D eigenvalue weighted by Gasteiger charge is 2.17. The fourth-order valence-electron chi connectivity index (χ4n) is 1.92. The molecular formula is C17H16O4. The number of benzene rings is 2. The molecule has 0 saturated carbocycles. The van der Waals surface area contributed by atoms with Crippen LogP contribution in [-0.4, -0.2) is 11.9 Å². The summed E-state index contributed by atoms with van der Waals surface area (Å²) >= 11 is 0. The van der Waals surface area contributed by atoms with E-state index in [-0.39, 0.29) is 0 Å². The number of esters is 2. The van der Waals surface area contributed by atoms with Gasteiger partial charge in [0.2, 0.25) is 0 Å². The van der Waals surface area contributed by atoms with Crippen LogP contribution in [0.3, 0.4) is 0 Å². The molecule has 0 spiro atoms. The smallest absolute Gasteiger partial charge is 0.305 e. The average molecular weight is 284 g/mol. The number of carbonyl (C=O) groups excluding carboxylic acids is 2. The van der Waals surface area contributed by atoms with Crippen LogP contribution in [0.25, 0.3) is 11.1 Å². The highest BCUT2D eigenvalue weighted by Crippen LogP contribution is 2.24. The Hall–Kier alpha value is -2.62. The summed E-state index contributed by atoms with van der Waals surface area (Å²) in [6.45, 7) is 2.55. The van der Waals surface area contributed by atoms with Gasteiger partial charge in [-0.05, 0) is 11.1 Å². The molecule has 0 bridgehead atoms. The zero-order valence-corrected chi connectivity index (χ0v) is 11.9. The summed E-state index contributed by atoms with van der Waals surface area (Å²) in [5.41, 5.74) is 2.73. The highest BCUT2D eigenvalue weighted by atomic mass is 16.7. The minimum absolute atomic E-state index is 0.506. The van der Waals surface area contributed by atoms with Gasteiger partial charge in [0, 0.05) is 19.4 Å². The molecule has 0 aliphatic heterocycles. The molecule has 0 fully saturated rings. The van der Waals surface area contributed by atoms with Crippen molar-refractivity contribution in [1.82, 2.24) is 0 Å². The van der Waals surface area contributed by atoms with Gasteiger partial charge in [-0.15, -0.1) is 0 Å². The minimum atomic E-state index is -1.01. The standard InChI is InChI=1S/C17H16O4/c1-12(18)20-17(21-13(2)19)16-10-8-15(9-11-16)14-6-4-3-5-7-14/h3-11,17H,1-2H3. The second-order valence-electron chi connectivity index (χ2n) is 4.54. The lowest BCUT2D eigenvalue weighted by molar-refractivity contribution is -0.186. The Morgan fingerprint density at radius 3 is 1.71 bits per heavy atom. The monoisotopic (exact) mass is 284 g/mol. The van der Waals surface area contributed by atoms with Gasteiger partial charge < -0.3 is 9.47 Å². The molecule has 4 nitrogen and oxygen atoms in total. The first kappa shape index (κ1) is 14.8. The molecular weight excluding hydrogens is 268 g/mol. The fourth-order valence-corrected chi connectivity index (χ4v) is 1.92. The van der Waals surface area contributed by atoms with Crippen LogP contribution in [0, 0.1) is 0 Å². The van der Waals surface area contributed by atoms with Crippen molar-refractivity contribution >= 4 is 11.9 Å². The summed E-state index contributed by atoms with van der Waals surface area (Å²) in [6.07, 6.45) is -1.01. The zero-order valence-electron chi connectivity index (χ0n) is 11.9. The summed E-state index contributed by atoms with van der Waals surface area (Å²) in [7, 11) is 0. The van der Waals surface area contributed by atoms with Gasteiger partial charge in [0.15, 0.2) is 0 Å². The van der Waals surface area contributed by atoms with E-state index in [1.165, 1.54) is 13.8 Å². The Kier molecular flexibility index (Phi) is 4.72. The van der Waals surface area contributed by atoms with Crippen molar-refractivity contribution in [3.05, 3.63) is 60.2 Å². The van der Waals surface area contributed by atoms with Crippen LogP contribution >= 0.6 is 0 Å². The average Bonchev–Trinajstić information content (AvgIpc) is 2.47. The summed E-state index contributed by atoms with van der Waals surface area (Å²) in [5, 5.41) is 0. The van der Waals surface area contributed by atoms with Gasteiger partial charge in [-0.2, -0.15) is 0 Å². The van der Waals surface area contributed by atoms with Crippen molar-refractivity contribution in [1.29, 1.82) is 0 Å². The van der Waals surface area contributed by atoms with Crippen molar-refractivity contribution in [2.75, 3.05) is 0 Å². The molecule has 0 N–H and O–H groups in total. The molecule has 0 aliphatic carbocycles. The quantitative estimate of drug-likeness (QED) is 0.637. The molecule has 0 amide bonds. The highest BCUT2D eigenvalue weighted by molar-refractivity contribution is 5.69. The maximum atomic E-state index is 11.1. The Bertz CT molecular complexity index is 601. The third-order valence-electron chi connectivity index (χ3n) is 2.84. The number of hydrogen-bond donors (Lipinski definition) is 0. The van der Waals surface area contributed by atoms with E-state index in [4.69, 9.17) is 9.47 Å². The minimum Gasteiger partial charge on any atom is -0.421 e. The summed E-state index contributed by atoms with van der Waals surface area (Å²) < 4.78 is 10.0. The maximum absolute atomic E-state index is 11.1. The van der Waals surface area contributed by atoms with Gasteiger partial charge >= 0.3 is 11.9 Å². The van der Waals surface area contributed by atoms with Gasteiger partial charge in [0.05, 0.1) is 0 Å². The lowest BCUT2D eigenvalue weighted by Gasteiger charge is -2.17. The molecule has 2 aromatic rings. The first-order valence-electron chi connectivity index (χ1n) is 6.56. The van der Waals surface area contributed by atoms with Crippen molar-refractivity contribution in [3.63, 3.8) is 0 Å². The van der Waals surface area contributed by atoms with Crippen LogP contribution in [0.4, 0.5) is 0 Å². The second-order valence-corrected chi connectivity index (χ2v) is 4.54. The van der Waals surface area contributed by atoms with Gasteiger partial charge in [0.1, 0.15) is 0 Å². The van der Waals surface area contributed by atoms with Gasteiger partial charge in [-0.1, -0.05) is 54.6 Å². The molecule has 0 unspecified atom stereocenters. The molecule has 0 radical (unpaired) electrons. The lowest BCUT2D eigenvalue weighted by atomic mass is 10.0. The molecule has 108 valence electrons. The lowest BCUT2D eigenvalue weighted by Crippen LogP contribution is -2.14. The van der Waals surface area contributed by atoms with Crippen LogP contribution < -0.4 is 0 Å². The van der Waals surface area contributed by atoms with Crippen molar-refractivity contribution < 1.29 is 19.1 Å². The predicted octanol–water partition coefficient (Wildman–Crippen LogP) is 3.48. The molecule has 0 saturated heterocycles.